The summed E-state index contributed by atoms with van der Waals surface area (Å²) in [6.07, 6.45) is 5.21. The summed E-state index contributed by atoms with van der Waals surface area (Å²) in [5.74, 6) is 0. The molecule has 0 saturated carbocycles. The number of anilines is 6. The molecule has 2 heteroatoms. The monoisotopic (exact) mass is 670 g/mol. The number of aryl methyl sites for hydroxylation is 2. The third-order valence-electron chi connectivity index (χ3n) is 10.0. The molecule has 0 aliphatic heterocycles. The van der Waals surface area contributed by atoms with Crippen LogP contribution in [-0.2, 0) is 6.42 Å². The Morgan fingerprint density at radius 3 is 1.58 bits per heavy atom. The van der Waals surface area contributed by atoms with Gasteiger partial charge in [0.15, 0.2) is 0 Å². The molecule has 0 amide bonds. The van der Waals surface area contributed by atoms with Crippen LogP contribution < -0.4 is 9.80 Å². The van der Waals surface area contributed by atoms with Crippen LogP contribution in [0, 0.1) is 6.92 Å². The smallest absolute Gasteiger partial charge is 0.0540 e. The summed E-state index contributed by atoms with van der Waals surface area (Å²) >= 11 is 0. The first-order valence-corrected chi connectivity index (χ1v) is 18.2. The molecule has 0 unspecified atom stereocenters. The standard InChI is InChI=1S/C50H42N2/c1-3-4-6-15-38-26-30-43(31-27-38)51(49-24-13-18-39-16-9-11-22-47(39)49)44-32-28-41(29-33-44)46-35-34-45(36-37(46)2)52(42-20-7-5-8-21-42)50-25-14-19-40-17-10-12-23-48(40)50/h3,5,7-14,16-36H,1,4,6,15H2,2H3. The van der Waals surface area contributed by atoms with Crippen molar-refractivity contribution in [2.45, 2.75) is 26.2 Å². The molecule has 0 N–H and O–H groups in total. The Morgan fingerprint density at radius 2 is 0.981 bits per heavy atom. The summed E-state index contributed by atoms with van der Waals surface area (Å²) in [6.45, 7) is 6.11. The molecule has 0 aliphatic rings. The highest BCUT2D eigenvalue weighted by molar-refractivity contribution is 6.00. The molecule has 0 bridgehead atoms. The molecule has 8 aromatic carbocycles. The van der Waals surface area contributed by atoms with E-state index in [0.717, 1.165) is 42.0 Å². The van der Waals surface area contributed by atoms with Crippen LogP contribution in [0.1, 0.15) is 24.0 Å². The summed E-state index contributed by atoms with van der Waals surface area (Å²) in [5, 5.41) is 4.91. The van der Waals surface area contributed by atoms with Crippen molar-refractivity contribution in [3.63, 3.8) is 0 Å². The van der Waals surface area contributed by atoms with E-state index < -0.39 is 0 Å². The maximum absolute atomic E-state index is 3.89. The number of benzene rings is 8. The molecule has 0 heterocycles. The fraction of sp³-hybridized carbons (Fsp3) is 0.0800. The van der Waals surface area contributed by atoms with E-state index in [1.54, 1.807) is 0 Å². The Morgan fingerprint density at radius 1 is 0.481 bits per heavy atom. The van der Waals surface area contributed by atoms with Crippen LogP contribution in [0.15, 0.2) is 195 Å². The van der Waals surface area contributed by atoms with Gasteiger partial charge in [-0.1, -0.05) is 127 Å². The van der Waals surface area contributed by atoms with E-state index in [4.69, 9.17) is 0 Å². The van der Waals surface area contributed by atoms with Crippen molar-refractivity contribution in [1.29, 1.82) is 0 Å². The third-order valence-corrected chi connectivity index (χ3v) is 10.0. The minimum Gasteiger partial charge on any atom is -0.310 e. The van der Waals surface area contributed by atoms with Crippen molar-refractivity contribution in [1.82, 2.24) is 0 Å². The Labute approximate surface area is 307 Å². The minimum atomic E-state index is 1.04. The van der Waals surface area contributed by atoms with E-state index in [-0.39, 0.29) is 0 Å². The molecule has 8 aromatic rings. The number of hydrogen-bond acceptors (Lipinski definition) is 2. The second-order valence-corrected chi connectivity index (χ2v) is 13.4. The quantitative estimate of drug-likeness (QED) is 0.0998. The van der Waals surface area contributed by atoms with E-state index in [2.05, 4.69) is 205 Å². The number of hydrogen-bond donors (Lipinski definition) is 0. The van der Waals surface area contributed by atoms with Gasteiger partial charge in [-0.15, -0.1) is 6.58 Å². The molecule has 0 spiro atoms. The van der Waals surface area contributed by atoms with Crippen molar-refractivity contribution in [3.05, 3.63) is 206 Å². The highest BCUT2D eigenvalue weighted by atomic mass is 15.1. The fourth-order valence-corrected chi connectivity index (χ4v) is 7.40. The van der Waals surface area contributed by atoms with Crippen LogP contribution in [0.4, 0.5) is 34.1 Å². The molecule has 0 aromatic heterocycles. The molecule has 0 aliphatic carbocycles. The minimum absolute atomic E-state index is 1.04. The second kappa shape index (κ2) is 14.8. The zero-order valence-electron chi connectivity index (χ0n) is 29.6. The molecule has 52 heavy (non-hydrogen) atoms. The van der Waals surface area contributed by atoms with Crippen molar-refractivity contribution >= 4 is 55.7 Å². The third kappa shape index (κ3) is 6.59. The first-order chi connectivity index (χ1) is 25.7. The summed E-state index contributed by atoms with van der Waals surface area (Å²) < 4.78 is 0. The number of para-hydroxylation sites is 1. The first-order valence-electron chi connectivity index (χ1n) is 18.2. The van der Waals surface area contributed by atoms with Crippen LogP contribution in [0.2, 0.25) is 0 Å². The Bertz CT molecular complexity index is 2450. The summed E-state index contributed by atoms with van der Waals surface area (Å²) in [7, 11) is 0. The molecule has 252 valence electrons. The maximum Gasteiger partial charge on any atom is 0.0540 e. The van der Waals surface area contributed by atoms with Crippen molar-refractivity contribution < 1.29 is 0 Å². The highest BCUT2D eigenvalue weighted by Crippen LogP contribution is 2.42. The van der Waals surface area contributed by atoms with Crippen molar-refractivity contribution in [2.75, 3.05) is 9.80 Å². The molecule has 0 saturated heterocycles. The Balaban J connectivity index is 1.16. The van der Waals surface area contributed by atoms with Gasteiger partial charge in [0, 0.05) is 33.5 Å². The van der Waals surface area contributed by atoms with Gasteiger partial charge < -0.3 is 9.80 Å². The van der Waals surface area contributed by atoms with Gasteiger partial charge in [0.05, 0.1) is 11.4 Å². The van der Waals surface area contributed by atoms with Crippen LogP contribution in [-0.4, -0.2) is 0 Å². The lowest BCUT2D eigenvalue weighted by molar-refractivity contribution is 0.844. The zero-order valence-corrected chi connectivity index (χ0v) is 29.6. The van der Waals surface area contributed by atoms with Crippen LogP contribution >= 0.6 is 0 Å². The molecule has 8 rings (SSSR count). The van der Waals surface area contributed by atoms with Gasteiger partial charge >= 0.3 is 0 Å². The number of allylic oxidation sites excluding steroid dienone is 1. The average Bonchev–Trinajstić information content (AvgIpc) is 3.20. The normalized spacial score (nSPS) is 11.1. The van der Waals surface area contributed by atoms with Crippen LogP contribution in [0.5, 0.6) is 0 Å². The van der Waals surface area contributed by atoms with Gasteiger partial charge in [0.25, 0.3) is 0 Å². The number of rotatable bonds is 11. The largest absolute Gasteiger partial charge is 0.310 e. The zero-order chi connectivity index (χ0) is 35.3. The van der Waals surface area contributed by atoms with E-state index in [0.29, 0.717) is 0 Å². The van der Waals surface area contributed by atoms with Gasteiger partial charge in [-0.25, -0.2) is 0 Å². The molecule has 0 radical (unpaired) electrons. The van der Waals surface area contributed by atoms with E-state index >= 15 is 0 Å². The van der Waals surface area contributed by atoms with Crippen LogP contribution in [0.3, 0.4) is 0 Å². The molecular formula is C50H42N2. The van der Waals surface area contributed by atoms with Crippen molar-refractivity contribution in [2.24, 2.45) is 0 Å². The topological polar surface area (TPSA) is 6.48 Å². The van der Waals surface area contributed by atoms with Gasteiger partial charge in [0.1, 0.15) is 0 Å². The average molecular weight is 671 g/mol. The second-order valence-electron chi connectivity index (χ2n) is 13.4. The molecular weight excluding hydrogens is 629 g/mol. The SMILES string of the molecule is C=CCCCc1ccc(N(c2ccc(-c3ccc(N(c4ccccc4)c4cccc5ccccc45)cc3C)cc2)c2cccc3ccccc23)cc1. The van der Waals surface area contributed by atoms with E-state index in [1.165, 1.54) is 55.2 Å². The van der Waals surface area contributed by atoms with Gasteiger partial charge in [0.2, 0.25) is 0 Å². The lowest BCUT2D eigenvalue weighted by Crippen LogP contribution is -2.11. The summed E-state index contributed by atoms with van der Waals surface area (Å²) in [4.78, 5) is 4.76. The van der Waals surface area contributed by atoms with Gasteiger partial charge in [-0.05, 0) is 120 Å². The maximum atomic E-state index is 3.89. The lowest BCUT2D eigenvalue weighted by atomic mass is 9.98. The highest BCUT2D eigenvalue weighted by Gasteiger charge is 2.18. The number of nitrogens with zero attached hydrogens (tertiary/aromatic N) is 2. The number of unbranched alkanes of at least 4 members (excludes halogenated alkanes) is 1. The number of fused-ring (bicyclic) bond motifs is 2. The molecule has 0 fully saturated rings. The molecule has 0 atom stereocenters. The predicted molar refractivity (Wildman–Crippen MR) is 224 cm³/mol. The van der Waals surface area contributed by atoms with Crippen LogP contribution in [0.25, 0.3) is 32.7 Å². The lowest BCUT2D eigenvalue weighted by Gasteiger charge is -2.28. The van der Waals surface area contributed by atoms with E-state index in [1.807, 2.05) is 6.08 Å². The van der Waals surface area contributed by atoms with E-state index in [9.17, 15) is 0 Å². The summed E-state index contributed by atoms with van der Waals surface area (Å²) in [6, 6.07) is 66.0. The predicted octanol–water partition coefficient (Wildman–Crippen LogP) is 14.4. The Kier molecular flexibility index (Phi) is 9.37. The summed E-state index contributed by atoms with van der Waals surface area (Å²) in [5.41, 5.74) is 11.9. The van der Waals surface area contributed by atoms with Crippen molar-refractivity contribution in [3.8, 4) is 11.1 Å². The first kappa shape index (κ1) is 32.8. The van der Waals surface area contributed by atoms with Gasteiger partial charge in [-0.3, -0.25) is 0 Å². The molecule has 2 nitrogen and oxygen atoms in total. The van der Waals surface area contributed by atoms with Gasteiger partial charge in [-0.2, -0.15) is 0 Å². The Hall–Kier alpha value is -6.38. The fourth-order valence-electron chi connectivity index (χ4n) is 7.40.